The fourth-order valence-corrected chi connectivity index (χ4v) is 1.45. The lowest BCUT2D eigenvalue weighted by atomic mass is 10.1. The van der Waals surface area contributed by atoms with Crippen LogP contribution in [0, 0.1) is 5.92 Å². The zero-order valence-corrected chi connectivity index (χ0v) is 6.47. The van der Waals surface area contributed by atoms with Crippen molar-refractivity contribution in [2.75, 3.05) is 0 Å². The molecule has 1 heterocycles. The van der Waals surface area contributed by atoms with Gasteiger partial charge in [-0.2, -0.15) is 0 Å². The second-order valence-electron chi connectivity index (χ2n) is 3.07. The van der Waals surface area contributed by atoms with Gasteiger partial charge >= 0.3 is 5.97 Å². The number of carbonyl (C=O) groups is 1. The van der Waals surface area contributed by atoms with E-state index in [1.54, 1.807) is 12.4 Å². The fourth-order valence-electron chi connectivity index (χ4n) is 1.45. The van der Waals surface area contributed by atoms with Gasteiger partial charge in [0.2, 0.25) is 0 Å². The van der Waals surface area contributed by atoms with Crippen molar-refractivity contribution in [2.24, 2.45) is 5.92 Å². The van der Waals surface area contributed by atoms with E-state index in [1.807, 2.05) is 12.1 Å². The van der Waals surface area contributed by atoms with Crippen molar-refractivity contribution in [3.63, 3.8) is 0 Å². The Labute approximate surface area is 70.1 Å². The van der Waals surface area contributed by atoms with E-state index >= 15 is 0 Å². The second kappa shape index (κ2) is 2.59. The molecule has 1 N–H and O–H groups in total. The average Bonchev–Trinajstić information content (AvgIpc) is 2.84. The molecule has 12 heavy (non-hydrogen) atoms. The Morgan fingerprint density at radius 1 is 1.50 bits per heavy atom. The molecule has 0 radical (unpaired) electrons. The zero-order valence-electron chi connectivity index (χ0n) is 6.47. The Kier molecular flexibility index (Phi) is 1.57. The number of nitrogens with zero attached hydrogens (tertiary/aromatic N) is 1. The highest BCUT2D eigenvalue weighted by Gasteiger charge is 2.43. The third kappa shape index (κ3) is 1.18. The summed E-state index contributed by atoms with van der Waals surface area (Å²) in [6.45, 7) is 0. The van der Waals surface area contributed by atoms with Crippen LogP contribution in [0.2, 0.25) is 0 Å². The maximum Gasteiger partial charge on any atom is 0.307 e. The number of pyridine rings is 1. The summed E-state index contributed by atoms with van der Waals surface area (Å²) >= 11 is 0. The number of carboxylic acids is 1. The topological polar surface area (TPSA) is 50.2 Å². The van der Waals surface area contributed by atoms with Gasteiger partial charge in [0.1, 0.15) is 0 Å². The number of hydrogen-bond donors (Lipinski definition) is 1. The third-order valence-corrected chi connectivity index (χ3v) is 2.24. The minimum Gasteiger partial charge on any atom is -0.481 e. The van der Waals surface area contributed by atoms with E-state index in [0.717, 1.165) is 12.0 Å². The van der Waals surface area contributed by atoms with Crippen LogP contribution in [-0.4, -0.2) is 16.1 Å². The molecule has 1 aromatic heterocycles. The lowest BCUT2D eigenvalue weighted by Gasteiger charge is -1.95. The molecule has 0 spiro atoms. The quantitative estimate of drug-likeness (QED) is 0.714. The summed E-state index contributed by atoms with van der Waals surface area (Å²) in [6.07, 6.45) is 4.18. The van der Waals surface area contributed by atoms with Gasteiger partial charge < -0.3 is 5.11 Å². The highest BCUT2D eigenvalue weighted by Crippen LogP contribution is 2.47. The van der Waals surface area contributed by atoms with Crippen molar-refractivity contribution < 1.29 is 9.90 Å². The number of carboxylic acid groups (broad SMARTS) is 1. The summed E-state index contributed by atoms with van der Waals surface area (Å²) in [5.74, 6) is -0.616. The molecular formula is C9H9NO2. The molecule has 1 fully saturated rings. The Bertz CT molecular complexity index is 297. The summed E-state index contributed by atoms with van der Waals surface area (Å²) in [6, 6.07) is 3.77. The monoisotopic (exact) mass is 163 g/mol. The van der Waals surface area contributed by atoms with Crippen molar-refractivity contribution in [2.45, 2.75) is 12.3 Å². The van der Waals surface area contributed by atoms with Crippen LogP contribution in [-0.2, 0) is 4.79 Å². The highest BCUT2D eigenvalue weighted by molar-refractivity contribution is 5.75. The third-order valence-electron chi connectivity index (χ3n) is 2.24. The Morgan fingerprint density at radius 3 is 2.67 bits per heavy atom. The van der Waals surface area contributed by atoms with Gasteiger partial charge in [0, 0.05) is 12.4 Å². The standard InChI is InChI=1S/C9H9NO2/c11-9(12)8-5-7(8)6-1-3-10-4-2-6/h1-4,7-8H,5H2,(H,11,12). The van der Waals surface area contributed by atoms with Crippen molar-refractivity contribution in [1.82, 2.24) is 4.98 Å². The van der Waals surface area contributed by atoms with Crippen molar-refractivity contribution in [1.29, 1.82) is 0 Å². The van der Waals surface area contributed by atoms with E-state index in [9.17, 15) is 4.79 Å². The van der Waals surface area contributed by atoms with Crippen molar-refractivity contribution in [3.05, 3.63) is 30.1 Å². The van der Waals surface area contributed by atoms with Gasteiger partial charge in [0.05, 0.1) is 5.92 Å². The Balaban J connectivity index is 2.11. The predicted molar refractivity (Wildman–Crippen MR) is 42.7 cm³/mol. The first-order valence-corrected chi connectivity index (χ1v) is 3.92. The molecule has 62 valence electrons. The van der Waals surface area contributed by atoms with Crippen molar-refractivity contribution >= 4 is 5.97 Å². The molecule has 1 aliphatic rings. The predicted octanol–water partition coefficient (Wildman–Crippen LogP) is 1.27. The summed E-state index contributed by atoms with van der Waals surface area (Å²) < 4.78 is 0. The molecule has 1 aromatic rings. The minimum absolute atomic E-state index is 0.160. The minimum atomic E-state index is -0.684. The molecule has 2 atom stereocenters. The van der Waals surface area contributed by atoms with Crippen LogP contribution >= 0.6 is 0 Å². The van der Waals surface area contributed by atoms with Crippen molar-refractivity contribution in [3.8, 4) is 0 Å². The largest absolute Gasteiger partial charge is 0.481 e. The maximum absolute atomic E-state index is 10.5. The van der Waals surface area contributed by atoms with E-state index < -0.39 is 5.97 Å². The van der Waals surface area contributed by atoms with E-state index in [2.05, 4.69) is 4.98 Å². The first-order chi connectivity index (χ1) is 5.79. The summed E-state index contributed by atoms with van der Waals surface area (Å²) in [7, 11) is 0. The molecule has 1 aliphatic carbocycles. The summed E-state index contributed by atoms with van der Waals surface area (Å²) in [5, 5.41) is 8.67. The van der Waals surface area contributed by atoms with Gasteiger partial charge in [0.15, 0.2) is 0 Å². The summed E-state index contributed by atoms with van der Waals surface area (Å²) in [5.41, 5.74) is 1.09. The molecule has 0 amide bonds. The zero-order chi connectivity index (χ0) is 8.55. The van der Waals surface area contributed by atoms with Gasteiger partial charge in [-0.25, -0.2) is 0 Å². The van der Waals surface area contributed by atoms with Crippen LogP contribution in [0.3, 0.4) is 0 Å². The molecule has 0 saturated heterocycles. The van der Waals surface area contributed by atoms with E-state index in [-0.39, 0.29) is 11.8 Å². The van der Waals surface area contributed by atoms with E-state index in [0.29, 0.717) is 0 Å². The summed E-state index contributed by atoms with van der Waals surface area (Å²) in [4.78, 5) is 14.4. The van der Waals surface area contributed by atoms with Gasteiger partial charge in [-0.1, -0.05) is 0 Å². The van der Waals surface area contributed by atoms with Crippen LogP contribution in [0.5, 0.6) is 0 Å². The lowest BCUT2D eigenvalue weighted by molar-refractivity contribution is -0.138. The number of hydrogen-bond acceptors (Lipinski definition) is 2. The Hall–Kier alpha value is -1.38. The lowest BCUT2D eigenvalue weighted by Crippen LogP contribution is -1.98. The fraction of sp³-hybridized carbons (Fsp3) is 0.333. The normalized spacial score (nSPS) is 26.7. The van der Waals surface area contributed by atoms with Gasteiger partial charge in [-0.15, -0.1) is 0 Å². The van der Waals surface area contributed by atoms with Crippen LogP contribution in [0.25, 0.3) is 0 Å². The smallest absolute Gasteiger partial charge is 0.307 e. The van der Waals surface area contributed by atoms with Crippen LogP contribution < -0.4 is 0 Å². The second-order valence-corrected chi connectivity index (χ2v) is 3.07. The molecule has 0 aromatic carbocycles. The maximum atomic E-state index is 10.5. The van der Waals surface area contributed by atoms with Gasteiger partial charge in [-0.3, -0.25) is 9.78 Å². The first kappa shape index (κ1) is 7.28. The molecule has 3 nitrogen and oxygen atoms in total. The van der Waals surface area contributed by atoms with E-state index in [1.165, 1.54) is 0 Å². The molecule has 3 heteroatoms. The number of rotatable bonds is 2. The average molecular weight is 163 g/mol. The van der Waals surface area contributed by atoms with Crippen LogP contribution in [0.1, 0.15) is 17.9 Å². The van der Waals surface area contributed by atoms with Gasteiger partial charge in [-0.05, 0) is 30.0 Å². The molecular weight excluding hydrogens is 154 g/mol. The molecule has 0 aliphatic heterocycles. The molecule has 1 saturated carbocycles. The number of aliphatic carboxylic acids is 1. The van der Waals surface area contributed by atoms with Crippen LogP contribution in [0.4, 0.5) is 0 Å². The molecule has 2 rings (SSSR count). The molecule has 2 unspecified atom stereocenters. The Morgan fingerprint density at radius 2 is 2.17 bits per heavy atom. The van der Waals surface area contributed by atoms with E-state index in [4.69, 9.17) is 5.11 Å². The molecule has 0 bridgehead atoms. The SMILES string of the molecule is O=C(O)C1CC1c1ccncc1. The van der Waals surface area contributed by atoms with Gasteiger partial charge in [0.25, 0.3) is 0 Å². The van der Waals surface area contributed by atoms with Crippen LogP contribution in [0.15, 0.2) is 24.5 Å². The highest BCUT2D eigenvalue weighted by atomic mass is 16.4. The number of aromatic nitrogens is 1. The first-order valence-electron chi connectivity index (χ1n) is 3.92.